The lowest BCUT2D eigenvalue weighted by molar-refractivity contribution is -0.386. The Kier molecular flexibility index (Phi) is 4.38. The summed E-state index contributed by atoms with van der Waals surface area (Å²) in [7, 11) is 1.37. The van der Waals surface area contributed by atoms with E-state index in [0.29, 0.717) is 5.75 Å². The zero-order chi connectivity index (χ0) is 13.0. The molecule has 0 fully saturated rings. The monoisotopic (exact) mass is 243 g/mol. The third-order valence-electron chi connectivity index (χ3n) is 2.30. The first-order chi connectivity index (χ1) is 8.01. The highest BCUT2D eigenvalue weighted by Crippen LogP contribution is 2.30. The van der Waals surface area contributed by atoms with Crippen LogP contribution in [0.3, 0.4) is 0 Å². The molecule has 0 amide bonds. The van der Waals surface area contributed by atoms with E-state index in [1.807, 2.05) is 0 Å². The lowest BCUT2D eigenvalue weighted by atomic mass is 10.0. The minimum absolute atomic E-state index is 0.101. The molecule has 2 unspecified atom stereocenters. The molecule has 0 aromatic heterocycles. The second kappa shape index (κ2) is 5.58. The van der Waals surface area contributed by atoms with Crippen LogP contribution in [0, 0.1) is 10.1 Å². The molecule has 3 N–H and O–H groups in total. The molecule has 0 bridgehead atoms. The van der Waals surface area contributed by atoms with Crippen LogP contribution in [0.5, 0.6) is 5.75 Å². The van der Waals surface area contributed by atoms with E-state index < -0.39 is 23.7 Å². The molecular formula is C10H13NO6. The van der Waals surface area contributed by atoms with Crippen LogP contribution in [0.1, 0.15) is 11.7 Å². The number of ether oxygens (including phenoxy) is 1. The van der Waals surface area contributed by atoms with Gasteiger partial charge in [0, 0.05) is 6.07 Å². The van der Waals surface area contributed by atoms with Gasteiger partial charge in [-0.05, 0) is 12.1 Å². The highest BCUT2D eigenvalue weighted by atomic mass is 16.6. The smallest absolute Gasteiger partial charge is 0.275 e. The molecule has 0 saturated carbocycles. The number of methoxy groups -OCH3 is 1. The van der Waals surface area contributed by atoms with Gasteiger partial charge < -0.3 is 20.1 Å². The van der Waals surface area contributed by atoms with Gasteiger partial charge in [-0.2, -0.15) is 0 Å². The van der Waals surface area contributed by atoms with Crippen molar-refractivity contribution < 1.29 is 25.0 Å². The van der Waals surface area contributed by atoms with Gasteiger partial charge in [0.25, 0.3) is 5.69 Å². The first-order valence-corrected chi connectivity index (χ1v) is 4.80. The third kappa shape index (κ3) is 2.90. The predicted octanol–water partition coefficient (Wildman–Crippen LogP) is -0.0100. The van der Waals surface area contributed by atoms with Crippen LogP contribution in [-0.2, 0) is 0 Å². The molecule has 17 heavy (non-hydrogen) atoms. The van der Waals surface area contributed by atoms with Gasteiger partial charge in [0.05, 0.1) is 24.2 Å². The summed E-state index contributed by atoms with van der Waals surface area (Å²) in [6.45, 7) is -0.699. The first kappa shape index (κ1) is 13.4. The van der Waals surface area contributed by atoms with Crippen LogP contribution in [0.2, 0.25) is 0 Å². The average molecular weight is 243 g/mol. The maximum absolute atomic E-state index is 10.7. The van der Waals surface area contributed by atoms with Crippen molar-refractivity contribution in [3.8, 4) is 5.75 Å². The largest absolute Gasteiger partial charge is 0.497 e. The van der Waals surface area contributed by atoms with E-state index in [-0.39, 0.29) is 11.3 Å². The van der Waals surface area contributed by atoms with Gasteiger partial charge in [-0.25, -0.2) is 0 Å². The normalized spacial score (nSPS) is 14.1. The standard InChI is InChI=1S/C10H13NO6/c1-17-6-2-3-8(11(15)16)7(4-6)10(14)9(13)5-12/h2-4,9-10,12-14H,5H2,1H3. The van der Waals surface area contributed by atoms with E-state index >= 15 is 0 Å². The molecule has 0 aliphatic heterocycles. The quantitative estimate of drug-likeness (QED) is 0.495. The van der Waals surface area contributed by atoms with Crippen LogP contribution in [-0.4, -0.2) is 40.1 Å². The fourth-order valence-corrected chi connectivity index (χ4v) is 1.37. The first-order valence-electron chi connectivity index (χ1n) is 4.80. The van der Waals surface area contributed by atoms with E-state index in [4.69, 9.17) is 9.84 Å². The number of aliphatic hydroxyl groups is 3. The summed E-state index contributed by atoms with van der Waals surface area (Å²) < 4.78 is 4.88. The average Bonchev–Trinajstić information content (AvgIpc) is 2.35. The summed E-state index contributed by atoms with van der Waals surface area (Å²) in [5, 5.41) is 38.4. The number of hydrogen-bond donors (Lipinski definition) is 3. The second-order valence-electron chi connectivity index (χ2n) is 3.38. The lowest BCUT2D eigenvalue weighted by Crippen LogP contribution is -2.22. The summed E-state index contributed by atoms with van der Waals surface area (Å²) in [5.41, 5.74) is -0.443. The molecule has 1 aromatic carbocycles. The molecule has 94 valence electrons. The predicted molar refractivity (Wildman–Crippen MR) is 57.7 cm³/mol. The van der Waals surface area contributed by atoms with Crippen molar-refractivity contribution >= 4 is 5.69 Å². The van der Waals surface area contributed by atoms with Crippen molar-refractivity contribution in [2.24, 2.45) is 0 Å². The summed E-state index contributed by atoms with van der Waals surface area (Å²) >= 11 is 0. The second-order valence-corrected chi connectivity index (χ2v) is 3.38. The molecule has 0 spiro atoms. The van der Waals surface area contributed by atoms with Gasteiger partial charge in [-0.15, -0.1) is 0 Å². The lowest BCUT2D eigenvalue weighted by Gasteiger charge is -2.16. The van der Waals surface area contributed by atoms with Gasteiger partial charge in [0.15, 0.2) is 0 Å². The molecule has 1 aromatic rings. The highest BCUT2D eigenvalue weighted by Gasteiger charge is 2.26. The van der Waals surface area contributed by atoms with Crippen LogP contribution >= 0.6 is 0 Å². The van der Waals surface area contributed by atoms with E-state index in [1.54, 1.807) is 0 Å². The molecule has 7 heteroatoms. The third-order valence-corrected chi connectivity index (χ3v) is 2.30. The zero-order valence-electron chi connectivity index (χ0n) is 9.11. The Morgan fingerprint density at radius 1 is 1.47 bits per heavy atom. The number of rotatable bonds is 5. The van der Waals surface area contributed by atoms with Crippen molar-refractivity contribution in [2.45, 2.75) is 12.2 Å². The van der Waals surface area contributed by atoms with E-state index in [1.165, 1.54) is 25.3 Å². The van der Waals surface area contributed by atoms with Crippen LogP contribution in [0.25, 0.3) is 0 Å². The number of nitro groups is 1. The Morgan fingerprint density at radius 2 is 2.12 bits per heavy atom. The fraction of sp³-hybridized carbons (Fsp3) is 0.400. The Labute approximate surface area is 97.0 Å². The Bertz CT molecular complexity index is 408. The molecule has 2 atom stereocenters. The maximum Gasteiger partial charge on any atom is 0.275 e. The SMILES string of the molecule is COc1ccc([N+](=O)[O-])c(C(O)C(O)CO)c1. The van der Waals surface area contributed by atoms with Crippen molar-refractivity contribution in [1.29, 1.82) is 0 Å². The maximum atomic E-state index is 10.7. The fourth-order valence-electron chi connectivity index (χ4n) is 1.37. The minimum atomic E-state index is -1.55. The number of aliphatic hydroxyl groups excluding tert-OH is 3. The number of nitrogens with zero attached hydrogens (tertiary/aromatic N) is 1. The van der Waals surface area contributed by atoms with Gasteiger partial charge >= 0.3 is 0 Å². The molecule has 0 aliphatic carbocycles. The summed E-state index contributed by atoms with van der Waals surface area (Å²) in [6, 6.07) is 3.79. The summed E-state index contributed by atoms with van der Waals surface area (Å²) in [6.07, 6.45) is -3.03. The van der Waals surface area contributed by atoms with E-state index in [9.17, 15) is 20.3 Å². The van der Waals surface area contributed by atoms with Crippen molar-refractivity contribution in [3.63, 3.8) is 0 Å². The molecule has 1 rings (SSSR count). The molecule has 0 heterocycles. The number of nitro benzene ring substituents is 1. The summed E-state index contributed by atoms with van der Waals surface area (Å²) in [4.78, 5) is 10.1. The van der Waals surface area contributed by atoms with E-state index in [0.717, 1.165) is 0 Å². The van der Waals surface area contributed by atoms with Gasteiger partial charge in [-0.3, -0.25) is 10.1 Å². The van der Waals surface area contributed by atoms with Gasteiger partial charge in [0.2, 0.25) is 0 Å². The van der Waals surface area contributed by atoms with Crippen molar-refractivity contribution in [3.05, 3.63) is 33.9 Å². The summed E-state index contributed by atoms with van der Waals surface area (Å²) in [5.74, 6) is 0.315. The number of hydrogen-bond acceptors (Lipinski definition) is 6. The van der Waals surface area contributed by atoms with Gasteiger partial charge in [0.1, 0.15) is 18.0 Å². The highest BCUT2D eigenvalue weighted by molar-refractivity contribution is 5.46. The molecular weight excluding hydrogens is 230 g/mol. The zero-order valence-corrected chi connectivity index (χ0v) is 9.11. The molecule has 0 radical (unpaired) electrons. The Hall–Kier alpha value is -1.70. The minimum Gasteiger partial charge on any atom is -0.497 e. The Balaban J connectivity index is 3.21. The van der Waals surface area contributed by atoms with Crippen LogP contribution in [0.4, 0.5) is 5.69 Å². The van der Waals surface area contributed by atoms with E-state index in [2.05, 4.69) is 0 Å². The molecule has 7 nitrogen and oxygen atoms in total. The molecule has 0 saturated heterocycles. The van der Waals surface area contributed by atoms with Crippen LogP contribution < -0.4 is 4.74 Å². The van der Waals surface area contributed by atoms with Gasteiger partial charge in [-0.1, -0.05) is 0 Å². The van der Waals surface area contributed by atoms with Crippen LogP contribution in [0.15, 0.2) is 18.2 Å². The van der Waals surface area contributed by atoms with Crippen molar-refractivity contribution in [2.75, 3.05) is 13.7 Å². The topological polar surface area (TPSA) is 113 Å². The Morgan fingerprint density at radius 3 is 2.59 bits per heavy atom. The molecule has 0 aliphatic rings. The van der Waals surface area contributed by atoms with Crippen molar-refractivity contribution in [1.82, 2.24) is 0 Å². The number of benzene rings is 1.